The topological polar surface area (TPSA) is 24.5 Å². The van der Waals surface area contributed by atoms with Crippen molar-refractivity contribution in [1.82, 2.24) is 10.2 Å². The van der Waals surface area contributed by atoms with E-state index in [0.29, 0.717) is 0 Å². The normalized spacial score (nSPS) is 19.3. The Labute approximate surface area is 108 Å². The number of rotatable bonds is 3. The minimum atomic E-state index is -0.203. The molecule has 0 bridgehead atoms. The van der Waals surface area contributed by atoms with Crippen LogP contribution in [-0.2, 0) is 0 Å². The molecule has 1 unspecified atom stereocenters. The fourth-order valence-corrected chi connectivity index (χ4v) is 2.48. The lowest BCUT2D eigenvalue weighted by atomic mass is 10.1. The van der Waals surface area contributed by atoms with Crippen molar-refractivity contribution in [1.29, 1.82) is 0 Å². The van der Waals surface area contributed by atoms with E-state index in [-0.39, 0.29) is 11.9 Å². The van der Waals surface area contributed by atoms with Crippen LogP contribution < -0.4 is 10.1 Å². The van der Waals surface area contributed by atoms with Crippen LogP contribution in [0.15, 0.2) is 18.2 Å². The molecule has 1 fully saturated rings. The van der Waals surface area contributed by atoms with Crippen LogP contribution in [0.4, 0.5) is 4.39 Å². The lowest BCUT2D eigenvalue weighted by molar-refractivity contribution is 0.220. The molecule has 100 valence electrons. The van der Waals surface area contributed by atoms with Gasteiger partial charge in [-0.15, -0.1) is 0 Å². The summed E-state index contributed by atoms with van der Waals surface area (Å²) in [5.41, 5.74) is 0.930. The van der Waals surface area contributed by atoms with Gasteiger partial charge in [0.1, 0.15) is 11.6 Å². The molecule has 1 saturated heterocycles. The Hall–Kier alpha value is -1.13. The van der Waals surface area contributed by atoms with Gasteiger partial charge in [0.05, 0.1) is 7.11 Å². The summed E-state index contributed by atoms with van der Waals surface area (Å²) in [5, 5.41) is 3.38. The van der Waals surface area contributed by atoms with Crippen molar-refractivity contribution in [3.05, 3.63) is 29.6 Å². The molecule has 0 saturated carbocycles. The summed E-state index contributed by atoms with van der Waals surface area (Å²) in [7, 11) is 1.63. The third-order valence-electron chi connectivity index (χ3n) is 3.56. The smallest absolute Gasteiger partial charge is 0.123 e. The van der Waals surface area contributed by atoms with Crippen LogP contribution in [0.25, 0.3) is 0 Å². The molecule has 1 atom stereocenters. The first kappa shape index (κ1) is 13.3. The van der Waals surface area contributed by atoms with Crippen molar-refractivity contribution in [2.24, 2.45) is 0 Å². The van der Waals surface area contributed by atoms with E-state index in [1.807, 2.05) is 0 Å². The van der Waals surface area contributed by atoms with Crippen molar-refractivity contribution in [3.63, 3.8) is 0 Å². The Morgan fingerprint density at radius 1 is 1.33 bits per heavy atom. The van der Waals surface area contributed by atoms with Gasteiger partial charge >= 0.3 is 0 Å². The molecule has 1 aliphatic heterocycles. The Morgan fingerprint density at radius 2 is 2.17 bits per heavy atom. The van der Waals surface area contributed by atoms with E-state index in [1.165, 1.54) is 6.07 Å². The summed E-state index contributed by atoms with van der Waals surface area (Å²) in [6, 6.07) is 4.91. The second-order valence-electron chi connectivity index (χ2n) is 4.70. The number of hydrogen-bond donors (Lipinski definition) is 1. The maximum absolute atomic E-state index is 13.4. The minimum absolute atomic E-state index is 0.176. The molecule has 1 heterocycles. The van der Waals surface area contributed by atoms with E-state index in [1.54, 1.807) is 19.2 Å². The van der Waals surface area contributed by atoms with Crippen molar-refractivity contribution in [2.75, 3.05) is 33.3 Å². The van der Waals surface area contributed by atoms with E-state index in [9.17, 15) is 4.39 Å². The second-order valence-corrected chi connectivity index (χ2v) is 4.70. The SMILES string of the molecule is COc1ccc(F)cc1C(C)N1CCCNCC1. The highest BCUT2D eigenvalue weighted by Gasteiger charge is 2.20. The van der Waals surface area contributed by atoms with Crippen LogP contribution >= 0.6 is 0 Å². The minimum Gasteiger partial charge on any atom is -0.496 e. The zero-order valence-electron chi connectivity index (χ0n) is 11.1. The number of nitrogens with one attached hydrogen (secondary N) is 1. The van der Waals surface area contributed by atoms with Crippen molar-refractivity contribution in [3.8, 4) is 5.75 Å². The second kappa shape index (κ2) is 6.16. The van der Waals surface area contributed by atoms with Gasteiger partial charge in [0.15, 0.2) is 0 Å². The van der Waals surface area contributed by atoms with Crippen LogP contribution in [0, 0.1) is 5.82 Å². The Kier molecular flexibility index (Phi) is 4.55. The fourth-order valence-electron chi connectivity index (χ4n) is 2.48. The van der Waals surface area contributed by atoms with Gasteiger partial charge in [0, 0.05) is 24.7 Å². The number of methoxy groups -OCH3 is 1. The number of benzene rings is 1. The maximum Gasteiger partial charge on any atom is 0.123 e. The Balaban J connectivity index is 2.20. The zero-order chi connectivity index (χ0) is 13.0. The molecular formula is C14H21FN2O. The first-order valence-corrected chi connectivity index (χ1v) is 6.50. The largest absolute Gasteiger partial charge is 0.496 e. The van der Waals surface area contributed by atoms with Crippen LogP contribution in [0.5, 0.6) is 5.75 Å². The highest BCUT2D eigenvalue weighted by Crippen LogP contribution is 2.30. The van der Waals surface area contributed by atoms with Crippen LogP contribution in [0.2, 0.25) is 0 Å². The van der Waals surface area contributed by atoms with Gasteiger partial charge in [0.2, 0.25) is 0 Å². The molecule has 1 aromatic carbocycles. The van der Waals surface area contributed by atoms with Crippen LogP contribution in [0.3, 0.4) is 0 Å². The summed E-state index contributed by atoms with van der Waals surface area (Å²) in [4.78, 5) is 2.37. The highest BCUT2D eigenvalue weighted by molar-refractivity contribution is 5.36. The molecule has 0 amide bonds. The van der Waals surface area contributed by atoms with Gasteiger partial charge in [-0.3, -0.25) is 4.90 Å². The monoisotopic (exact) mass is 252 g/mol. The van der Waals surface area contributed by atoms with Crippen molar-refractivity contribution < 1.29 is 9.13 Å². The van der Waals surface area contributed by atoms with Crippen LogP contribution in [0.1, 0.15) is 24.9 Å². The summed E-state index contributed by atoms with van der Waals surface area (Å²) in [6.07, 6.45) is 1.13. The third kappa shape index (κ3) is 3.00. The molecule has 4 heteroatoms. The third-order valence-corrected chi connectivity index (χ3v) is 3.56. The average Bonchev–Trinajstić information content (AvgIpc) is 2.66. The standard InChI is InChI=1S/C14H21FN2O/c1-11(17-8-3-6-16-7-9-17)13-10-12(15)4-5-14(13)18-2/h4-5,10-11,16H,3,6-9H2,1-2H3. The van der Waals surface area contributed by atoms with E-state index < -0.39 is 0 Å². The predicted molar refractivity (Wildman–Crippen MR) is 70.4 cm³/mol. The first-order chi connectivity index (χ1) is 8.72. The van der Waals surface area contributed by atoms with E-state index in [4.69, 9.17) is 4.74 Å². The average molecular weight is 252 g/mol. The molecule has 0 radical (unpaired) electrons. The summed E-state index contributed by atoms with van der Waals surface area (Å²) in [6.45, 7) is 6.18. The zero-order valence-corrected chi connectivity index (χ0v) is 11.1. The number of ether oxygens (including phenoxy) is 1. The summed E-state index contributed by atoms with van der Waals surface area (Å²) in [5.74, 6) is 0.562. The Bertz CT molecular complexity index is 389. The molecule has 0 aromatic heterocycles. The molecule has 0 aliphatic carbocycles. The fraction of sp³-hybridized carbons (Fsp3) is 0.571. The quantitative estimate of drug-likeness (QED) is 0.892. The van der Waals surface area contributed by atoms with Gasteiger partial charge in [-0.05, 0) is 44.6 Å². The van der Waals surface area contributed by atoms with Crippen molar-refractivity contribution in [2.45, 2.75) is 19.4 Å². The lowest BCUT2D eigenvalue weighted by Gasteiger charge is -2.28. The van der Waals surface area contributed by atoms with Crippen molar-refractivity contribution >= 4 is 0 Å². The molecule has 3 nitrogen and oxygen atoms in total. The van der Waals surface area contributed by atoms with Gasteiger partial charge in [-0.2, -0.15) is 0 Å². The summed E-state index contributed by atoms with van der Waals surface area (Å²) < 4.78 is 18.7. The molecule has 1 aliphatic rings. The molecule has 18 heavy (non-hydrogen) atoms. The maximum atomic E-state index is 13.4. The molecule has 1 aromatic rings. The number of nitrogens with zero attached hydrogens (tertiary/aromatic N) is 1. The van der Waals surface area contributed by atoms with E-state index in [2.05, 4.69) is 17.1 Å². The van der Waals surface area contributed by atoms with Crippen LogP contribution in [-0.4, -0.2) is 38.2 Å². The van der Waals surface area contributed by atoms with Gasteiger partial charge < -0.3 is 10.1 Å². The molecule has 0 spiro atoms. The van der Waals surface area contributed by atoms with E-state index in [0.717, 1.165) is 43.9 Å². The lowest BCUT2D eigenvalue weighted by Crippen LogP contribution is -2.31. The molecular weight excluding hydrogens is 231 g/mol. The van der Waals surface area contributed by atoms with Gasteiger partial charge in [-0.1, -0.05) is 0 Å². The highest BCUT2D eigenvalue weighted by atomic mass is 19.1. The Morgan fingerprint density at radius 3 is 2.94 bits per heavy atom. The first-order valence-electron chi connectivity index (χ1n) is 6.50. The predicted octanol–water partition coefficient (Wildman–Crippen LogP) is 2.19. The molecule has 2 rings (SSSR count). The van der Waals surface area contributed by atoms with E-state index >= 15 is 0 Å². The molecule has 1 N–H and O–H groups in total. The van der Waals surface area contributed by atoms with Gasteiger partial charge in [0.25, 0.3) is 0 Å². The number of hydrogen-bond acceptors (Lipinski definition) is 3. The summed E-state index contributed by atoms with van der Waals surface area (Å²) >= 11 is 0. The number of halogens is 1. The van der Waals surface area contributed by atoms with Gasteiger partial charge in [-0.25, -0.2) is 4.39 Å².